The van der Waals surface area contributed by atoms with Crippen LogP contribution in [0.4, 0.5) is 9.18 Å². The van der Waals surface area contributed by atoms with Crippen molar-refractivity contribution in [2.24, 2.45) is 5.92 Å². The third-order valence-corrected chi connectivity index (χ3v) is 2.84. The van der Waals surface area contributed by atoms with Crippen molar-refractivity contribution < 1.29 is 19.0 Å². The number of amides is 1. The molecule has 1 fully saturated rings. The Morgan fingerprint density at radius 1 is 1.41 bits per heavy atom. The average Bonchev–Trinajstić information content (AvgIpc) is 2.37. The van der Waals surface area contributed by atoms with Crippen LogP contribution in [0.15, 0.2) is 0 Å². The molecule has 1 N–H and O–H groups in total. The number of aliphatic hydroxyl groups is 1. The van der Waals surface area contributed by atoms with E-state index in [0.29, 0.717) is 19.5 Å². The molecule has 1 aliphatic heterocycles. The molecule has 1 aliphatic rings. The topological polar surface area (TPSA) is 49.8 Å². The molecule has 0 aromatic carbocycles. The van der Waals surface area contributed by atoms with Crippen LogP contribution in [-0.2, 0) is 4.74 Å². The van der Waals surface area contributed by atoms with Crippen LogP contribution in [0, 0.1) is 5.92 Å². The van der Waals surface area contributed by atoms with Crippen LogP contribution in [0.25, 0.3) is 0 Å². The zero-order chi connectivity index (χ0) is 13.1. The van der Waals surface area contributed by atoms with Crippen molar-refractivity contribution in [1.29, 1.82) is 0 Å². The summed E-state index contributed by atoms with van der Waals surface area (Å²) in [4.78, 5) is 13.3. The van der Waals surface area contributed by atoms with E-state index in [0.717, 1.165) is 0 Å². The fourth-order valence-corrected chi connectivity index (χ4v) is 1.84. The number of carbonyl (C=O) groups is 1. The summed E-state index contributed by atoms with van der Waals surface area (Å²) in [7, 11) is 0. The standard InChI is InChI=1S/C12H22FNO3/c1-12(2,3)17-11(16)14-6-4-9(8-15)10(13)5-7-14/h9-10,15H,4-8H2,1-3H3. The number of hydrogen-bond acceptors (Lipinski definition) is 3. The number of likely N-dealkylation sites (tertiary alicyclic amines) is 1. The molecule has 1 saturated heterocycles. The first kappa shape index (κ1) is 14.2. The fourth-order valence-electron chi connectivity index (χ4n) is 1.84. The molecule has 0 bridgehead atoms. The molecule has 0 aliphatic carbocycles. The summed E-state index contributed by atoms with van der Waals surface area (Å²) in [6, 6.07) is 0. The van der Waals surface area contributed by atoms with Gasteiger partial charge in [-0.15, -0.1) is 0 Å². The van der Waals surface area contributed by atoms with Gasteiger partial charge in [0.1, 0.15) is 11.8 Å². The molecule has 0 spiro atoms. The van der Waals surface area contributed by atoms with E-state index in [9.17, 15) is 9.18 Å². The first-order chi connectivity index (χ1) is 7.83. The van der Waals surface area contributed by atoms with Gasteiger partial charge in [-0.25, -0.2) is 9.18 Å². The number of carbonyl (C=O) groups excluding carboxylic acids is 1. The average molecular weight is 247 g/mol. The zero-order valence-electron chi connectivity index (χ0n) is 10.8. The summed E-state index contributed by atoms with van der Waals surface area (Å²) >= 11 is 0. The molecule has 0 aromatic heterocycles. The molecule has 0 aromatic rings. The summed E-state index contributed by atoms with van der Waals surface area (Å²) < 4.78 is 18.8. The number of nitrogens with zero attached hydrogens (tertiary/aromatic N) is 1. The lowest BCUT2D eigenvalue weighted by Gasteiger charge is -2.26. The zero-order valence-corrected chi connectivity index (χ0v) is 10.8. The molecule has 5 heteroatoms. The van der Waals surface area contributed by atoms with Crippen molar-refractivity contribution in [3.8, 4) is 0 Å². The number of halogens is 1. The van der Waals surface area contributed by atoms with Gasteiger partial charge in [0.05, 0.1) is 0 Å². The molecule has 1 amide bonds. The smallest absolute Gasteiger partial charge is 0.410 e. The Kier molecular flexibility index (Phi) is 4.74. The summed E-state index contributed by atoms with van der Waals surface area (Å²) in [5, 5.41) is 9.02. The van der Waals surface area contributed by atoms with Crippen molar-refractivity contribution in [1.82, 2.24) is 4.90 Å². The van der Waals surface area contributed by atoms with Crippen LogP contribution in [0.2, 0.25) is 0 Å². The Bertz CT molecular complexity index is 265. The van der Waals surface area contributed by atoms with Gasteiger partial charge in [0.2, 0.25) is 0 Å². The first-order valence-corrected chi connectivity index (χ1v) is 6.06. The van der Waals surface area contributed by atoms with E-state index in [1.165, 1.54) is 4.90 Å². The van der Waals surface area contributed by atoms with Crippen molar-refractivity contribution in [2.45, 2.75) is 45.4 Å². The second-order valence-corrected chi connectivity index (χ2v) is 5.50. The maximum absolute atomic E-state index is 13.5. The van der Waals surface area contributed by atoms with Gasteiger partial charge in [0.15, 0.2) is 0 Å². The molecular formula is C12H22FNO3. The van der Waals surface area contributed by atoms with Gasteiger partial charge in [-0.1, -0.05) is 0 Å². The Balaban J connectivity index is 2.53. The van der Waals surface area contributed by atoms with Crippen molar-refractivity contribution in [3.63, 3.8) is 0 Å². The van der Waals surface area contributed by atoms with Crippen LogP contribution in [0.3, 0.4) is 0 Å². The molecule has 2 atom stereocenters. The Labute approximate surface area is 102 Å². The van der Waals surface area contributed by atoms with E-state index in [1.807, 2.05) is 0 Å². The third-order valence-electron chi connectivity index (χ3n) is 2.84. The Morgan fingerprint density at radius 2 is 2.00 bits per heavy atom. The summed E-state index contributed by atoms with van der Waals surface area (Å²) in [5.41, 5.74) is -0.533. The van der Waals surface area contributed by atoms with E-state index in [4.69, 9.17) is 9.84 Å². The minimum atomic E-state index is -1.03. The van der Waals surface area contributed by atoms with Gasteiger partial charge in [-0.2, -0.15) is 0 Å². The number of hydrogen-bond donors (Lipinski definition) is 1. The van der Waals surface area contributed by atoms with E-state index in [-0.39, 0.29) is 18.9 Å². The second kappa shape index (κ2) is 5.67. The van der Waals surface area contributed by atoms with Gasteiger partial charge in [-0.05, 0) is 33.6 Å². The summed E-state index contributed by atoms with van der Waals surface area (Å²) in [6.45, 7) is 6.04. The fraction of sp³-hybridized carbons (Fsp3) is 0.917. The Morgan fingerprint density at radius 3 is 2.53 bits per heavy atom. The van der Waals surface area contributed by atoms with Gasteiger partial charge in [0, 0.05) is 25.6 Å². The van der Waals surface area contributed by atoms with Gasteiger partial charge in [0.25, 0.3) is 0 Å². The van der Waals surface area contributed by atoms with E-state index in [1.54, 1.807) is 20.8 Å². The maximum Gasteiger partial charge on any atom is 0.410 e. The third kappa shape index (κ3) is 4.50. The molecule has 0 radical (unpaired) electrons. The normalized spacial score (nSPS) is 26.5. The lowest BCUT2D eigenvalue weighted by molar-refractivity contribution is 0.0253. The number of rotatable bonds is 1. The van der Waals surface area contributed by atoms with Crippen molar-refractivity contribution in [2.75, 3.05) is 19.7 Å². The second-order valence-electron chi connectivity index (χ2n) is 5.50. The minimum absolute atomic E-state index is 0.163. The maximum atomic E-state index is 13.5. The predicted molar refractivity (Wildman–Crippen MR) is 62.5 cm³/mol. The number of aliphatic hydroxyl groups excluding tert-OH is 1. The lowest BCUT2D eigenvalue weighted by atomic mass is 10.0. The lowest BCUT2D eigenvalue weighted by Crippen LogP contribution is -2.37. The summed E-state index contributed by atoms with van der Waals surface area (Å²) in [6.07, 6.45) is -0.683. The predicted octanol–water partition coefficient (Wildman–Crippen LogP) is 1.96. The number of alkyl halides is 1. The molecule has 2 unspecified atom stereocenters. The molecule has 4 nitrogen and oxygen atoms in total. The SMILES string of the molecule is CC(C)(C)OC(=O)N1CCC(F)C(CO)CC1. The minimum Gasteiger partial charge on any atom is -0.444 e. The van der Waals surface area contributed by atoms with Crippen LogP contribution < -0.4 is 0 Å². The highest BCUT2D eigenvalue weighted by atomic mass is 19.1. The highest BCUT2D eigenvalue weighted by Crippen LogP contribution is 2.22. The highest BCUT2D eigenvalue weighted by molar-refractivity contribution is 5.68. The van der Waals surface area contributed by atoms with Crippen molar-refractivity contribution >= 4 is 6.09 Å². The van der Waals surface area contributed by atoms with Gasteiger partial charge >= 0.3 is 6.09 Å². The highest BCUT2D eigenvalue weighted by Gasteiger charge is 2.29. The van der Waals surface area contributed by atoms with Crippen LogP contribution in [-0.4, -0.2) is 47.6 Å². The largest absolute Gasteiger partial charge is 0.444 e. The van der Waals surface area contributed by atoms with E-state index >= 15 is 0 Å². The summed E-state index contributed by atoms with van der Waals surface area (Å²) in [5.74, 6) is -0.359. The molecule has 0 saturated carbocycles. The van der Waals surface area contributed by atoms with Gasteiger partial charge in [-0.3, -0.25) is 0 Å². The Hall–Kier alpha value is -0.840. The van der Waals surface area contributed by atoms with Crippen LogP contribution in [0.5, 0.6) is 0 Å². The van der Waals surface area contributed by atoms with E-state index in [2.05, 4.69) is 0 Å². The van der Waals surface area contributed by atoms with E-state index < -0.39 is 17.9 Å². The first-order valence-electron chi connectivity index (χ1n) is 6.06. The van der Waals surface area contributed by atoms with Crippen molar-refractivity contribution in [3.05, 3.63) is 0 Å². The number of ether oxygens (including phenoxy) is 1. The molecule has 100 valence electrons. The van der Waals surface area contributed by atoms with Crippen LogP contribution in [0.1, 0.15) is 33.6 Å². The molecule has 1 rings (SSSR count). The molecule has 17 heavy (non-hydrogen) atoms. The molecule has 1 heterocycles. The van der Waals surface area contributed by atoms with Gasteiger partial charge < -0.3 is 14.7 Å². The monoisotopic (exact) mass is 247 g/mol. The molecular weight excluding hydrogens is 225 g/mol. The van der Waals surface area contributed by atoms with Crippen LogP contribution >= 0.6 is 0 Å². The quantitative estimate of drug-likeness (QED) is 0.770.